The Morgan fingerprint density at radius 3 is 2.19 bits per heavy atom. The molecule has 4 atom stereocenters. The lowest BCUT2D eigenvalue weighted by molar-refractivity contribution is -0.384. The monoisotopic (exact) mass is 569 g/mol. The zero-order chi connectivity index (χ0) is 30.0. The van der Waals surface area contributed by atoms with E-state index in [-0.39, 0.29) is 28.7 Å². The lowest BCUT2D eigenvalue weighted by Gasteiger charge is -2.39. The predicted octanol–water partition coefficient (Wildman–Crippen LogP) is 6.15. The molecule has 1 saturated heterocycles. The van der Waals surface area contributed by atoms with Gasteiger partial charge in [0.2, 0.25) is 5.91 Å². The zero-order valence-electron chi connectivity index (χ0n) is 23.5. The summed E-state index contributed by atoms with van der Waals surface area (Å²) in [4.78, 5) is 56.8. The molecule has 4 aromatic rings. The minimum atomic E-state index is -1.42. The number of hydrogen-bond donors (Lipinski definition) is 1. The van der Waals surface area contributed by atoms with E-state index in [2.05, 4.69) is 5.32 Å². The van der Waals surface area contributed by atoms with Crippen LogP contribution in [0.1, 0.15) is 44.3 Å². The van der Waals surface area contributed by atoms with E-state index in [0.717, 1.165) is 22.4 Å². The summed E-state index contributed by atoms with van der Waals surface area (Å²) < 4.78 is 0. The summed E-state index contributed by atoms with van der Waals surface area (Å²) in [6.45, 7) is 3.91. The molecular weight excluding hydrogens is 542 g/mol. The Morgan fingerprint density at radius 1 is 0.837 bits per heavy atom. The Bertz CT molecular complexity index is 1880. The number of fused-ring (bicyclic) bond motifs is 6. The zero-order valence-corrected chi connectivity index (χ0v) is 23.5. The quantitative estimate of drug-likeness (QED) is 0.175. The molecule has 212 valence electrons. The van der Waals surface area contributed by atoms with Crippen molar-refractivity contribution in [2.45, 2.75) is 31.3 Å². The second-order valence-electron chi connectivity index (χ2n) is 11.4. The molecule has 7 rings (SSSR count). The van der Waals surface area contributed by atoms with Crippen molar-refractivity contribution in [1.82, 2.24) is 0 Å². The van der Waals surface area contributed by atoms with Crippen LogP contribution < -0.4 is 10.2 Å². The molecule has 1 spiro atoms. The van der Waals surface area contributed by atoms with Crippen molar-refractivity contribution in [3.63, 3.8) is 0 Å². The van der Waals surface area contributed by atoms with Crippen LogP contribution in [0.4, 0.5) is 17.1 Å². The van der Waals surface area contributed by atoms with Gasteiger partial charge in [-0.2, -0.15) is 0 Å². The molecule has 0 radical (unpaired) electrons. The van der Waals surface area contributed by atoms with Gasteiger partial charge in [0.1, 0.15) is 11.5 Å². The van der Waals surface area contributed by atoms with Gasteiger partial charge in [0.15, 0.2) is 11.6 Å². The molecule has 3 heterocycles. The fourth-order valence-electron chi connectivity index (χ4n) is 7.20. The number of rotatable bonds is 5. The summed E-state index contributed by atoms with van der Waals surface area (Å²) in [5.41, 5.74) is 3.93. The molecule has 1 amide bonds. The molecule has 8 heteroatoms. The maximum absolute atomic E-state index is 14.8. The van der Waals surface area contributed by atoms with Gasteiger partial charge in [-0.05, 0) is 49.2 Å². The van der Waals surface area contributed by atoms with Crippen LogP contribution in [0.3, 0.4) is 0 Å². The van der Waals surface area contributed by atoms with E-state index >= 15 is 0 Å². The van der Waals surface area contributed by atoms with Crippen LogP contribution in [0.2, 0.25) is 0 Å². The van der Waals surface area contributed by atoms with Crippen LogP contribution >= 0.6 is 0 Å². The Kier molecular flexibility index (Phi) is 5.92. The van der Waals surface area contributed by atoms with Crippen LogP contribution in [-0.4, -0.2) is 34.5 Å². The van der Waals surface area contributed by atoms with Crippen molar-refractivity contribution in [3.8, 4) is 0 Å². The van der Waals surface area contributed by atoms with Gasteiger partial charge in [0.05, 0.1) is 16.9 Å². The number of ketones is 2. The Hall–Kier alpha value is -5.37. The van der Waals surface area contributed by atoms with Crippen LogP contribution in [0.5, 0.6) is 0 Å². The lowest BCUT2D eigenvalue weighted by atomic mass is 9.64. The number of aryl methyl sites for hydroxylation is 1. The van der Waals surface area contributed by atoms with Gasteiger partial charge in [-0.25, -0.2) is 0 Å². The van der Waals surface area contributed by atoms with Gasteiger partial charge < -0.3 is 10.2 Å². The highest BCUT2D eigenvalue weighted by molar-refractivity contribution is 6.18. The molecule has 3 aliphatic rings. The third kappa shape index (κ3) is 3.72. The minimum Gasteiger partial charge on any atom is -0.352 e. The molecule has 0 aliphatic carbocycles. The molecule has 0 bridgehead atoms. The highest BCUT2D eigenvalue weighted by Crippen LogP contribution is 2.58. The molecule has 3 aliphatic heterocycles. The number of hydrogen-bond acceptors (Lipinski definition) is 6. The van der Waals surface area contributed by atoms with Crippen molar-refractivity contribution < 1.29 is 19.3 Å². The summed E-state index contributed by atoms with van der Waals surface area (Å²) in [6, 6.07) is 25.9. The number of Topliss-reactive ketones (excluding diaryl/α,β-unsaturated/α-hetero) is 2. The van der Waals surface area contributed by atoms with Gasteiger partial charge in [0, 0.05) is 40.2 Å². The molecule has 8 nitrogen and oxygen atoms in total. The number of allylic oxidation sites excluding steroid dienone is 1. The first-order chi connectivity index (χ1) is 20.7. The predicted molar refractivity (Wildman–Crippen MR) is 163 cm³/mol. The molecule has 43 heavy (non-hydrogen) atoms. The number of para-hydroxylation sites is 2. The van der Waals surface area contributed by atoms with Crippen LogP contribution in [0, 0.1) is 23.0 Å². The van der Waals surface area contributed by atoms with E-state index in [1.54, 1.807) is 12.1 Å². The first-order valence-electron chi connectivity index (χ1n) is 14.1. The second-order valence-corrected chi connectivity index (χ2v) is 11.4. The van der Waals surface area contributed by atoms with E-state index in [4.69, 9.17) is 0 Å². The van der Waals surface area contributed by atoms with E-state index in [1.165, 1.54) is 24.3 Å². The molecule has 0 unspecified atom stereocenters. The van der Waals surface area contributed by atoms with Gasteiger partial charge in [-0.15, -0.1) is 0 Å². The SMILES string of the molecule is CC1=C[C@H]2N(c3ccccc31)[C@H](C(=O)c1ccc([N+](=O)[O-])cc1)[C@@H](C(=O)c1ccc(C)cc1)[C@@]21C(=O)Nc2ccccc21. The number of anilines is 2. The maximum Gasteiger partial charge on any atom is 0.269 e. The summed E-state index contributed by atoms with van der Waals surface area (Å²) in [6.07, 6.45) is 2.00. The van der Waals surface area contributed by atoms with Crippen molar-refractivity contribution in [1.29, 1.82) is 0 Å². The second kappa shape index (κ2) is 9.59. The summed E-state index contributed by atoms with van der Waals surface area (Å²) in [5.74, 6) is -2.15. The van der Waals surface area contributed by atoms with Gasteiger partial charge in [-0.1, -0.05) is 72.3 Å². The highest BCUT2D eigenvalue weighted by atomic mass is 16.6. The van der Waals surface area contributed by atoms with Crippen LogP contribution in [-0.2, 0) is 10.2 Å². The number of amides is 1. The Labute approximate surface area is 247 Å². The van der Waals surface area contributed by atoms with E-state index in [9.17, 15) is 24.5 Å². The largest absolute Gasteiger partial charge is 0.352 e. The number of nitrogens with zero attached hydrogens (tertiary/aromatic N) is 2. The van der Waals surface area contributed by atoms with Gasteiger partial charge in [-0.3, -0.25) is 24.5 Å². The van der Waals surface area contributed by atoms with Crippen molar-refractivity contribution >= 4 is 40.1 Å². The molecule has 1 fully saturated rings. The van der Waals surface area contributed by atoms with Crippen LogP contribution in [0.15, 0.2) is 103 Å². The van der Waals surface area contributed by atoms with Gasteiger partial charge in [0.25, 0.3) is 5.69 Å². The fraction of sp³-hybridized carbons (Fsp3) is 0.171. The average molecular weight is 570 g/mol. The first-order valence-corrected chi connectivity index (χ1v) is 14.1. The van der Waals surface area contributed by atoms with E-state index in [1.807, 2.05) is 85.5 Å². The first kappa shape index (κ1) is 26.5. The number of benzene rings is 4. The normalized spacial score (nSPS) is 23.2. The molecule has 0 saturated carbocycles. The highest BCUT2D eigenvalue weighted by Gasteiger charge is 2.70. The minimum absolute atomic E-state index is 0.143. The number of nitrogens with one attached hydrogen (secondary N) is 1. The topological polar surface area (TPSA) is 110 Å². The number of nitro groups is 1. The third-order valence-corrected chi connectivity index (χ3v) is 9.13. The van der Waals surface area contributed by atoms with Crippen LogP contribution in [0.25, 0.3) is 5.57 Å². The number of nitro benzene ring substituents is 1. The standard InChI is InChI=1S/C35H27N3O5/c1-20-11-13-22(14-12-20)32(39)30-31(33(40)23-15-17-24(18-16-23)38(42)43)37-28-10-6-3-7-25(28)21(2)19-29(37)35(30)26-8-4-5-9-27(26)36-34(35)41/h3-19,29-31H,1-2H3,(H,36,41)/t29-,30+,31+,35+/m1/s1. The third-order valence-electron chi connectivity index (χ3n) is 9.13. The van der Waals surface area contributed by atoms with E-state index in [0.29, 0.717) is 16.8 Å². The Morgan fingerprint density at radius 2 is 1.47 bits per heavy atom. The molecule has 0 aromatic heterocycles. The Balaban J connectivity index is 1.53. The number of carbonyl (C=O) groups excluding carboxylic acids is 3. The number of carbonyl (C=O) groups is 3. The van der Waals surface area contributed by atoms with Gasteiger partial charge >= 0.3 is 0 Å². The fourth-order valence-corrected chi connectivity index (χ4v) is 7.20. The van der Waals surface area contributed by atoms with Crippen molar-refractivity contribution in [2.24, 2.45) is 5.92 Å². The van der Waals surface area contributed by atoms with Crippen molar-refractivity contribution in [2.75, 3.05) is 10.2 Å². The molecule has 1 N–H and O–H groups in total. The smallest absolute Gasteiger partial charge is 0.269 e. The van der Waals surface area contributed by atoms with E-state index < -0.39 is 28.3 Å². The van der Waals surface area contributed by atoms with Crippen molar-refractivity contribution in [3.05, 3.63) is 141 Å². The molecular formula is C35H27N3O5. The lowest BCUT2D eigenvalue weighted by Crippen LogP contribution is -2.51. The summed E-state index contributed by atoms with van der Waals surface area (Å²) in [7, 11) is 0. The molecule has 4 aromatic carbocycles. The summed E-state index contributed by atoms with van der Waals surface area (Å²) >= 11 is 0. The average Bonchev–Trinajstić information content (AvgIpc) is 3.49. The maximum atomic E-state index is 14.8. The summed E-state index contributed by atoms with van der Waals surface area (Å²) in [5, 5.41) is 14.4. The number of non-ortho nitro benzene ring substituents is 1.